The van der Waals surface area contributed by atoms with Crippen LogP contribution in [0.3, 0.4) is 0 Å². The molecule has 4 nitrogen and oxygen atoms in total. The summed E-state index contributed by atoms with van der Waals surface area (Å²) in [6, 6.07) is 6.62. The topological polar surface area (TPSA) is 36.5 Å². The molecular weight excluding hydrogens is 330 g/mol. The Bertz CT molecular complexity index is 569. The number of hydrogen-bond acceptors (Lipinski definition) is 3. The van der Waals surface area contributed by atoms with Gasteiger partial charge in [0, 0.05) is 24.6 Å². The largest absolute Gasteiger partial charge is 0.492 e. The van der Waals surface area contributed by atoms with E-state index in [2.05, 4.69) is 28.5 Å². The van der Waals surface area contributed by atoms with E-state index < -0.39 is 0 Å². The van der Waals surface area contributed by atoms with E-state index in [0.717, 1.165) is 30.8 Å². The number of thiocarbonyl (C=S) groups is 1. The predicted molar refractivity (Wildman–Crippen MR) is 98.3 cm³/mol. The normalized spacial score (nSPS) is 23.9. The summed E-state index contributed by atoms with van der Waals surface area (Å²) in [5.41, 5.74) is 1.09. The number of hydrogen-bond donors (Lipinski definition) is 2. The van der Waals surface area contributed by atoms with Crippen LogP contribution in [0, 0.1) is 0 Å². The fraction of sp³-hybridized carbons (Fsp3) is 0.588. The summed E-state index contributed by atoms with van der Waals surface area (Å²) < 4.78 is 5.69. The van der Waals surface area contributed by atoms with E-state index in [-0.39, 0.29) is 6.04 Å². The molecule has 1 fully saturated rings. The first kappa shape index (κ1) is 16.8. The van der Waals surface area contributed by atoms with Gasteiger partial charge in [0.05, 0.1) is 17.7 Å². The summed E-state index contributed by atoms with van der Waals surface area (Å²) >= 11 is 11.7. The zero-order valence-corrected chi connectivity index (χ0v) is 15.1. The van der Waals surface area contributed by atoms with Crippen LogP contribution in [0.15, 0.2) is 18.2 Å². The summed E-state index contributed by atoms with van der Waals surface area (Å²) in [6.45, 7) is 6.10. The standard InChI is InChI=1S/C17H24ClN3OS/c1-2-21-9-4-5-12(21)11-19-17(23)20-15-8-10-22-16-13(15)6-3-7-14(16)18/h3,6-7,12,15H,2,4-5,8-11H2,1H3,(H2,19,20,23)/t12-,15+/m0/s1. The first-order chi connectivity index (χ1) is 11.2. The Morgan fingerprint density at radius 1 is 1.43 bits per heavy atom. The number of likely N-dealkylation sites (N-methyl/N-ethyl adjacent to an activating group) is 1. The SMILES string of the molecule is CCN1CCC[C@H]1CNC(=S)N[C@@H]1CCOc2c(Cl)cccc21. The zero-order chi connectivity index (χ0) is 16.2. The van der Waals surface area contributed by atoms with Crippen LogP contribution in [-0.2, 0) is 0 Å². The molecule has 6 heteroatoms. The van der Waals surface area contributed by atoms with Gasteiger partial charge in [0.2, 0.25) is 0 Å². The lowest BCUT2D eigenvalue weighted by atomic mass is 10.0. The Balaban J connectivity index is 1.56. The van der Waals surface area contributed by atoms with E-state index in [9.17, 15) is 0 Å². The summed E-state index contributed by atoms with van der Waals surface area (Å²) in [7, 11) is 0. The van der Waals surface area contributed by atoms with Crippen molar-refractivity contribution in [3.63, 3.8) is 0 Å². The lowest BCUT2D eigenvalue weighted by Crippen LogP contribution is -2.45. The molecule has 3 rings (SSSR count). The highest BCUT2D eigenvalue weighted by atomic mass is 35.5. The Morgan fingerprint density at radius 3 is 3.13 bits per heavy atom. The summed E-state index contributed by atoms with van der Waals surface area (Å²) in [5, 5.41) is 8.19. The van der Waals surface area contributed by atoms with Crippen molar-refractivity contribution in [1.82, 2.24) is 15.5 Å². The fourth-order valence-electron chi connectivity index (χ4n) is 3.50. The molecule has 0 aromatic heterocycles. The molecule has 0 spiro atoms. The monoisotopic (exact) mass is 353 g/mol. The molecule has 1 saturated heterocycles. The molecule has 0 bridgehead atoms. The van der Waals surface area contributed by atoms with E-state index in [1.54, 1.807) is 0 Å². The second-order valence-electron chi connectivity index (χ2n) is 6.13. The van der Waals surface area contributed by atoms with Crippen LogP contribution >= 0.6 is 23.8 Å². The minimum absolute atomic E-state index is 0.156. The van der Waals surface area contributed by atoms with E-state index >= 15 is 0 Å². The van der Waals surface area contributed by atoms with Crippen molar-refractivity contribution in [2.45, 2.75) is 38.3 Å². The number of nitrogens with zero attached hydrogens (tertiary/aromatic N) is 1. The highest BCUT2D eigenvalue weighted by molar-refractivity contribution is 7.80. The van der Waals surface area contributed by atoms with Gasteiger partial charge in [-0.05, 0) is 44.2 Å². The minimum Gasteiger partial charge on any atom is -0.492 e. The number of halogens is 1. The van der Waals surface area contributed by atoms with Crippen LogP contribution in [0.5, 0.6) is 5.75 Å². The average molecular weight is 354 g/mol. The van der Waals surface area contributed by atoms with Crippen LogP contribution < -0.4 is 15.4 Å². The number of para-hydroxylation sites is 1. The number of rotatable bonds is 4. The Labute approximate surface area is 148 Å². The van der Waals surface area contributed by atoms with Crippen LogP contribution in [-0.4, -0.2) is 42.3 Å². The molecule has 0 aliphatic carbocycles. The lowest BCUT2D eigenvalue weighted by molar-refractivity contribution is 0.259. The molecule has 0 saturated carbocycles. The Kier molecular flexibility index (Phi) is 5.62. The molecule has 2 aliphatic rings. The van der Waals surface area contributed by atoms with Crippen molar-refractivity contribution >= 4 is 28.9 Å². The van der Waals surface area contributed by atoms with Gasteiger partial charge in [-0.15, -0.1) is 0 Å². The van der Waals surface area contributed by atoms with Crippen LogP contribution in [0.1, 0.15) is 37.8 Å². The average Bonchev–Trinajstić information content (AvgIpc) is 3.01. The number of ether oxygens (including phenoxy) is 1. The van der Waals surface area contributed by atoms with Crippen molar-refractivity contribution in [3.8, 4) is 5.75 Å². The summed E-state index contributed by atoms with van der Waals surface area (Å²) in [5.74, 6) is 0.786. The third kappa shape index (κ3) is 3.90. The van der Waals surface area contributed by atoms with Crippen molar-refractivity contribution in [1.29, 1.82) is 0 Å². The highest BCUT2D eigenvalue weighted by Gasteiger charge is 2.25. The second-order valence-corrected chi connectivity index (χ2v) is 6.94. The Hall–Kier alpha value is -1.04. The van der Waals surface area contributed by atoms with Gasteiger partial charge in [-0.2, -0.15) is 0 Å². The van der Waals surface area contributed by atoms with Gasteiger partial charge < -0.3 is 15.4 Å². The van der Waals surface area contributed by atoms with Crippen molar-refractivity contribution < 1.29 is 4.74 Å². The first-order valence-corrected chi connectivity index (χ1v) is 9.17. The maximum absolute atomic E-state index is 6.22. The molecule has 126 valence electrons. The van der Waals surface area contributed by atoms with Crippen molar-refractivity contribution in [2.75, 3.05) is 26.2 Å². The fourth-order valence-corrected chi connectivity index (χ4v) is 3.96. The van der Waals surface area contributed by atoms with E-state index in [1.807, 2.05) is 12.1 Å². The Morgan fingerprint density at radius 2 is 2.30 bits per heavy atom. The smallest absolute Gasteiger partial charge is 0.166 e. The molecule has 0 radical (unpaired) electrons. The van der Waals surface area contributed by atoms with Gasteiger partial charge in [0.15, 0.2) is 5.11 Å². The van der Waals surface area contributed by atoms with Crippen LogP contribution in [0.4, 0.5) is 0 Å². The van der Waals surface area contributed by atoms with Gasteiger partial charge >= 0.3 is 0 Å². The van der Waals surface area contributed by atoms with Gasteiger partial charge in [-0.3, -0.25) is 4.90 Å². The van der Waals surface area contributed by atoms with Crippen LogP contribution in [0.25, 0.3) is 0 Å². The number of nitrogens with one attached hydrogen (secondary N) is 2. The second kappa shape index (κ2) is 7.69. The van der Waals surface area contributed by atoms with E-state index in [1.165, 1.54) is 19.4 Å². The van der Waals surface area contributed by atoms with Gasteiger partial charge in [-0.1, -0.05) is 30.7 Å². The zero-order valence-electron chi connectivity index (χ0n) is 13.5. The molecular formula is C17H24ClN3OS. The van der Waals surface area contributed by atoms with E-state index in [0.29, 0.717) is 22.8 Å². The van der Waals surface area contributed by atoms with Gasteiger partial charge in [0.1, 0.15) is 5.75 Å². The maximum atomic E-state index is 6.22. The highest BCUT2D eigenvalue weighted by Crippen LogP contribution is 2.37. The molecule has 2 aliphatic heterocycles. The van der Waals surface area contributed by atoms with Crippen molar-refractivity contribution in [3.05, 3.63) is 28.8 Å². The number of fused-ring (bicyclic) bond motifs is 1. The maximum Gasteiger partial charge on any atom is 0.166 e. The molecule has 2 N–H and O–H groups in total. The molecule has 2 atom stereocenters. The van der Waals surface area contributed by atoms with Gasteiger partial charge in [0.25, 0.3) is 0 Å². The third-order valence-electron chi connectivity index (χ3n) is 4.73. The first-order valence-electron chi connectivity index (χ1n) is 8.38. The predicted octanol–water partition coefficient (Wildman–Crippen LogP) is 3.11. The lowest BCUT2D eigenvalue weighted by Gasteiger charge is -2.29. The molecule has 1 aromatic carbocycles. The van der Waals surface area contributed by atoms with Crippen molar-refractivity contribution in [2.24, 2.45) is 0 Å². The van der Waals surface area contributed by atoms with Crippen LogP contribution in [0.2, 0.25) is 5.02 Å². The number of likely N-dealkylation sites (tertiary alicyclic amines) is 1. The number of benzene rings is 1. The quantitative estimate of drug-likeness (QED) is 0.813. The molecule has 2 heterocycles. The molecule has 0 amide bonds. The molecule has 0 unspecified atom stereocenters. The summed E-state index contributed by atoms with van der Waals surface area (Å²) in [4.78, 5) is 2.51. The van der Waals surface area contributed by atoms with E-state index in [4.69, 9.17) is 28.6 Å². The molecule has 23 heavy (non-hydrogen) atoms. The third-order valence-corrected chi connectivity index (χ3v) is 5.29. The summed E-state index contributed by atoms with van der Waals surface area (Å²) in [6.07, 6.45) is 3.42. The minimum atomic E-state index is 0.156. The molecule has 1 aromatic rings. The van der Waals surface area contributed by atoms with Gasteiger partial charge in [-0.25, -0.2) is 0 Å².